The number of ether oxygens (including phenoxy) is 1. The molecule has 0 radical (unpaired) electrons. The number of fused-ring (bicyclic) bond motifs is 1. The largest absolute Gasteiger partial charge is 0.380 e. The molecule has 0 spiro atoms. The monoisotopic (exact) mass is 216 g/mol. The maximum absolute atomic E-state index is 5.54. The van der Waals surface area contributed by atoms with Crippen molar-refractivity contribution in [1.82, 2.24) is 4.98 Å². The van der Waals surface area contributed by atoms with Gasteiger partial charge >= 0.3 is 0 Å². The summed E-state index contributed by atoms with van der Waals surface area (Å²) in [6.45, 7) is 2.99. The zero-order valence-corrected chi connectivity index (χ0v) is 9.36. The van der Waals surface area contributed by atoms with Crippen molar-refractivity contribution in [3.05, 3.63) is 30.5 Å². The zero-order valence-electron chi connectivity index (χ0n) is 9.36. The van der Waals surface area contributed by atoms with Crippen LogP contribution in [0.15, 0.2) is 30.5 Å². The fourth-order valence-electron chi connectivity index (χ4n) is 2.28. The zero-order chi connectivity index (χ0) is 11.0. The normalized spacial score (nSPS) is 25.1. The van der Waals surface area contributed by atoms with E-state index in [1.54, 1.807) is 0 Å². The number of nitrogens with one attached hydrogen (secondary N) is 2. The molecule has 16 heavy (non-hydrogen) atoms. The molecular weight excluding hydrogens is 200 g/mol. The Morgan fingerprint density at radius 3 is 3.12 bits per heavy atom. The molecule has 1 fully saturated rings. The van der Waals surface area contributed by atoms with Crippen molar-refractivity contribution >= 4 is 16.6 Å². The third-order valence-electron chi connectivity index (χ3n) is 3.28. The van der Waals surface area contributed by atoms with Gasteiger partial charge < -0.3 is 15.0 Å². The van der Waals surface area contributed by atoms with Gasteiger partial charge in [0, 0.05) is 29.4 Å². The Hall–Kier alpha value is -1.48. The molecule has 84 valence electrons. The summed E-state index contributed by atoms with van der Waals surface area (Å²) >= 11 is 0. The van der Waals surface area contributed by atoms with E-state index in [9.17, 15) is 0 Å². The molecule has 0 bridgehead atoms. The second-order valence-electron chi connectivity index (χ2n) is 4.40. The minimum Gasteiger partial charge on any atom is -0.380 e. The first-order valence-electron chi connectivity index (χ1n) is 5.78. The minimum absolute atomic E-state index is 0.307. The number of hydrogen-bond acceptors (Lipinski definition) is 2. The van der Waals surface area contributed by atoms with Crippen molar-refractivity contribution in [2.45, 2.75) is 25.5 Å². The first-order valence-corrected chi connectivity index (χ1v) is 5.78. The van der Waals surface area contributed by atoms with Gasteiger partial charge in [-0.1, -0.05) is 0 Å². The fourth-order valence-corrected chi connectivity index (χ4v) is 2.28. The summed E-state index contributed by atoms with van der Waals surface area (Å²) in [4.78, 5) is 3.20. The van der Waals surface area contributed by atoms with Crippen LogP contribution >= 0.6 is 0 Å². The number of aromatic amines is 1. The molecule has 0 saturated carbocycles. The first-order chi connectivity index (χ1) is 7.83. The lowest BCUT2D eigenvalue weighted by molar-refractivity contribution is 0.121. The Balaban J connectivity index is 1.83. The lowest BCUT2D eigenvalue weighted by Gasteiger charge is -2.17. The van der Waals surface area contributed by atoms with Crippen molar-refractivity contribution in [1.29, 1.82) is 0 Å². The van der Waals surface area contributed by atoms with E-state index >= 15 is 0 Å². The lowest BCUT2D eigenvalue weighted by Crippen LogP contribution is -2.26. The van der Waals surface area contributed by atoms with Gasteiger partial charge in [-0.05, 0) is 37.6 Å². The van der Waals surface area contributed by atoms with E-state index in [1.807, 2.05) is 6.20 Å². The molecule has 1 aromatic carbocycles. The van der Waals surface area contributed by atoms with Crippen LogP contribution in [0.5, 0.6) is 0 Å². The molecule has 1 saturated heterocycles. The van der Waals surface area contributed by atoms with Crippen LogP contribution in [-0.4, -0.2) is 23.7 Å². The molecule has 3 nitrogen and oxygen atoms in total. The van der Waals surface area contributed by atoms with Crippen molar-refractivity contribution in [2.24, 2.45) is 0 Å². The Bertz CT molecular complexity index is 491. The average molecular weight is 216 g/mol. The van der Waals surface area contributed by atoms with Gasteiger partial charge in [-0.2, -0.15) is 0 Å². The van der Waals surface area contributed by atoms with Crippen LogP contribution in [0.25, 0.3) is 10.9 Å². The molecule has 0 aliphatic carbocycles. The van der Waals surface area contributed by atoms with Gasteiger partial charge in [0.25, 0.3) is 0 Å². The first kappa shape index (κ1) is 9.73. The number of hydrogen-bond donors (Lipinski definition) is 2. The molecule has 1 aliphatic heterocycles. The molecule has 2 N–H and O–H groups in total. The van der Waals surface area contributed by atoms with Crippen LogP contribution < -0.4 is 5.32 Å². The standard InChI is InChI=1S/C13H16N2O/c1-9-12(5-7-16-9)15-11-2-3-13-10(8-11)4-6-14-13/h2-4,6,8-9,12,14-15H,5,7H2,1H3. The number of aromatic nitrogens is 1. The Morgan fingerprint density at radius 1 is 1.38 bits per heavy atom. The van der Waals surface area contributed by atoms with Crippen LogP contribution in [0.2, 0.25) is 0 Å². The van der Waals surface area contributed by atoms with Gasteiger partial charge in [-0.15, -0.1) is 0 Å². The minimum atomic E-state index is 0.307. The van der Waals surface area contributed by atoms with Gasteiger partial charge in [-0.25, -0.2) is 0 Å². The van der Waals surface area contributed by atoms with E-state index in [4.69, 9.17) is 4.74 Å². The Kier molecular flexibility index (Phi) is 2.33. The molecule has 2 aromatic rings. The Morgan fingerprint density at radius 2 is 2.31 bits per heavy atom. The molecule has 2 unspecified atom stereocenters. The van der Waals surface area contributed by atoms with Crippen LogP contribution in [0.1, 0.15) is 13.3 Å². The second kappa shape index (κ2) is 3.83. The van der Waals surface area contributed by atoms with Crippen molar-refractivity contribution in [3.63, 3.8) is 0 Å². The van der Waals surface area contributed by atoms with E-state index in [0.717, 1.165) is 13.0 Å². The van der Waals surface area contributed by atoms with Crippen LogP contribution in [0.3, 0.4) is 0 Å². The molecule has 2 atom stereocenters. The van der Waals surface area contributed by atoms with E-state index < -0.39 is 0 Å². The third kappa shape index (κ3) is 1.67. The highest BCUT2D eigenvalue weighted by atomic mass is 16.5. The van der Waals surface area contributed by atoms with Crippen LogP contribution in [-0.2, 0) is 4.74 Å². The van der Waals surface area contributed by atoms with Gasteiger partial charge in [0.2, 0.25) is 0 Å². The molecule has 1 aromatic heterocycles. The molecule has 0 amide bonds. The van der Waals surface area contributed by atoms with E-state index in [0.29, 0.717) is 12.1 Å². The van der Waals surface area contributed by atoms with Crippen molar-refractivity contribution in [2.75, 3.05) is 11.9 Å². The highest BCUT2D eigenvalue weighted by Gasteiger charge is 2.23. The summed E-state index contributed by atoms with van der Waals surface area (Å²) < 4.78 is 5.54. The topological polar surface area (TPSA) is 37.0 Å². The quantitative estimate of drug-likeness (QED) is 0.810. The summed E-state index contributed by atoms with van der Waals surface area (Å²) in [7, 11) is 0. The van der Waals surface area contributed by atoms with E-state index in [1.165, 1.54) is 16.6 Å². The maximum Gasteiger partial charge on any atom is 0.0748 e. The van der Waals surface area contributed by atoms with E-state index in [-0.39, 0.29) is 0 Å². The summed E-state index contributed by atoms with van der Waals surface area (Å²) in [5, 5.41) is 4.78. The number of rotatable bonds is 2. The van der Waals surface area contributed by atoms with Crippen LogP contribution in [0, 0.1) is 0 Å². The third-order valence-corrected chi connectivity index (χ3v) is 3.28. The maximum atomic E-state index is 5.54. The average Bonchev–Trinajstić information content (AvgIpc) is 2.88. The predicted molar refractivity (Wildman–Crippen MR) is 65.7 cm³/mol. The van der Waals surface area contributed by atoms with Crippen molar-refractivity contribution in [3.8, 4) is 0 Å². The SMILES string of the molecule is CC1OCCC1Nc1ccc2[nH]ccc2c1. The second-order valence-corrected chi connectivity index (χ2v) is 4.40. The number of anilines is 1. The molecule has 3 heteroatoms. The van der Waals surface area contributed by atoms with Crippen LogP contribution in [0.4, 0.5) is 5.69 Å². The highest BCUT2D eigenvalue weighted by Crippen LogP contribution is 2.22. The van der Waals surface area contributed by atoms with Gasteiger partial charge in [-0.3, -0.25) is 0 Å². The molecule has 1 aliphatic rings. The van der Waals surface area contributed by atoms with Crippen molar-refractivity contribution < 1.29 is 4.74 Å². The smallest absolute Gasteiger partial charge is 0.0748 e. The van der Waals surface area contributed by atoms with E-state index in [2.05, 4.69) is 41.5 Å². The molecular formula is C13H16N2O. The number of benzene rings is 1. The summed E-state index contributed by atoms with van der Waals surface area (Å²) in [5.41, 5.74) is 2.36. The Labute approximate surface area is 94.8 Å². The summed E-state index contributed by atoms with van der Waals surface area (Å²) in [6, 6.07) is 8.94. The predicted octanol–water partition coefficient (Wildman–Crippen LogP) is 2.76. The molecule has 3 rings (SSSR count). The summed E-state index contributed by atoms with van der Waals surface area (Å²) in [6.07, 6.45) is 3.36. The highest BCUT2D eigenvalue weighted by molar-refractivity contribution is 5.83. The summed E-state index contributed by atoms with van der Waals surface area (Å²) in [5.74, 6) is 0. The van der Waals surface area contributed by atoms with Gasteiger partial charge in [0.15, 0.2) is 0 Å². The lowest BCUT2D eigenvalue weighted by atomic mass is 10.1. The number of H-pyrrole nitrogens is 1. The van der Waals surface area contributed by atoms with Gasteiger partial charge in [0.1, 0.15) is 0 Å². The molecule has 2 heterocycles. The fraction of sp³-hybridized carbons (Fsp3) is 0.385. The van der Waals surface area contributed by atoms with Gasteiger partial charge in [0.05, 0.1) is 12.1 Å².